The predicted octanol–water partition coefficient (Wildman–Crippen LogP) is 0.721. The monoisotopic (exact) mass is 278 g/mol. The maximum absolute atomic E-state index is 11.9. The third-order valence-corrected chi connectivity index (χ3v) is 4.79. The van der Waals surface area contributed by atoms with Crippen LogP contribution in [0.2, 0.25) is 0 Å². The van der Waals surface area contributed by atoms with Crippen molar-refractivity contribution in [2.75, 3.05) is 32.1 Å². The lowest BCUT2D eigenvalue weighted by Crippen LogP contribution is -2.40. The van der Waals surface area contributed by atoms with Gasteiger partial charge in [0.25, 0.3) is 0 Å². The van der Waals surface area contributed by atoms with Crippen molar-refractivity contribution in [1.29, 1.82) is 0 Å². The Morgan fingerprint density at radius 3 is 2.78 bits per heavy atom. The van der Waals surface area contributed by atoms with Crippen molar-refractivity contribution in [2.45, 2.75) is 39.2 Å². The van der Waals surface area contributed by atoms with Gasteiger partial charge in [-0.25, -0.2) is 13.1 Å². The molecule has 2 unspecified atom stereocenters. The topological polar surface area (TPSA) is 67.4 Å². The first kappa shape index (κ1) is 15.9. The molecule has 0 saturated carbocycles. The van der Waals surface area contributed by atoms with Gasteiger partial charge in [0, 0.05) is 18.6 Å². The molecule has 0 bridgehead atoms. The van der Waals surface area contributed by atoms with E-state index in [0.717, 1.165) is 32.5 Å². The maximum Gasteiger partial charge on any atom is 0.211 e. The summed E-state index contributed by atoms with van der Waals surface area (Å²) in [5.74, 6) is 0.514. The maximum atomic E-state index is 11.9. The van der Waals surface area contributed by atoms with Gasteiger partial charge >= 0.3 is 0 Å². The largest absolute Gasteiger partial charge is 0.381 e. The van der Waals surface area contributed by atoms with Crippen molar-refractivity contribution in [2.24, 2.45) is 5.92 Å². The lowest BCUT2D eigenvalue weighted by molar-refractivity contribution is 0.180. The third-order valence-electron chi connectivity index (χ3n) is 3.23. The molecule has 1 rings (SSSR count). The zero-order valence-corrected chi connectivity index (χ0v) is 12.3. The molecule has 1 fully saturated rings. The Kier molecular flexibility index (Phi) is 7.14. The van der Waals surface area contributed by atoms with E-state index in [0.29, 0.717) is 18.9 Å². The van der Waals surface area contributed by atoms with Gasteiger partial charge in [-0.2, -0.15) is 0 Å². The molecule has 6 heteroatoms. The minimum absolute atomic E-state index is 0.0268. The fourth-order valence-electron chi connectivity index (χ4n) is 2.07. The third kappa shape index (κ3) is 6.13. The van der Waals surface area contributed by atoms with Gasteiger partial charge in [0.05, 0.1) is 12.4 Å². The molecular formula is C12H26N2O3S. The molecule has 2 atom stereocenters. The fourth-order valence-corrected chi connectivity index (χ4v) is 3.48. The van der Waals surface area contributed by atoms with Gasteiger partial charge in [-0.3, -0.25) is 0 Å². The first-order chi connectivity index (χ1) is 8.55. The molecule has 1 heterocycles. The summed E-state index contributed by atoms with van der Waals surface area (Å²) < 4.78 is 31.7. The Morgan fingerprint density at radius 1 is 1.39 bits per heavy atom. The Hall–Kier alpha value is -0.170. The number of hydrogen-bond acceptors (Lipinski definition) is 4. The molecule has 0 aromatic heterocycles. The van der Waals surface area contributed by atoms with Crippen molar-refractivity contribution in [3.05, 3.63) is 0 Å². The molecular weight excluding hydrogens is 252 g/mol. The van der Waals surface area contributed by atoms with Crippen molar-refractivity contribution in [3.63, 3.8) is 0 Å². The van der Waals surface area contributed by atoms with Crippen molar-refractivity contribution in [1.82, 2.24) is 10.0 Å². The predicted molar refractivity (Wildman–Crippen MR) is 73.1 cm³/mol. The van der Waals surface area contributed by atoms with Crippen LogP contribution in [0.3, 0.4) is 0 Å². The van der Waals surface area contributed by atoms with E-state index in [9.17, 15) is 8.42 Å². The number of hydrogen-bond donors (Lipinski definition) is 2. The molecule has 0 amide bonds. The summed E-state index contributed by atoms with van der Waals surface area (Å²) in [5, 5.41) is 3.20. The Bertz CT molecular complexity index is 313. The van der Waals surface area contributed by atoms with Crippen LogP contribution in [0.4, 0.5) is 0 Å². The van der Waals surface area contributed by atoms with Gasteiger partial charge in [0.2, 0.25) is 10.0 Å². The van der Waals surface area contributed by atoms with Gasteiger partial charge in [0.15, 0.2) is 0 Å². The lowest BCUT2D eigenvalue weighted by Gasteiger charge is -2.19. The second kappa shape index (κ2) is 8.09. The second-order valence-electron chi connectivity index (χ2n) is 4.95. The Morgan fingerprint density at radius 2 is 2.17 bits per heavy atom. The molecule has 108 valence electrons. The first-order valence-corrected chi connectivity index (χ1v) is 8.49. The summed E-state index contributed by atoms with van der Waals surface area (Å²) in [6, 6.07) is -0.0268. The summed E-state index contributed by atoms with van der Waals surface area (Å²) in [5.41, 5.74) is 0. The van der Waals surface area contributed by atoms with Crippen LogP contribution in [0.5, 0.6) is 0 Å². The molecule has 0 radical (unpaired) electrons. The summed E-state index contributed by atoms with van der Waals surface area (Å²) >= 11 is 0. The first-order valence-electron chi connectivity index (χ1n) is 6.83. The normalized spacial score (nSPS) is 22.2. The summed E-state index contributed by atoms with van der Waals surface area (Å²) in [7, 11) is -3.15. The van der Waals surface area contributed by atoms with E-state index in [2.05, 4.69) is 17.0 Å². The number of rotatable bonds is 9. The zero-order valence-electron chi connectivity index (χ0n) is 11.4. The number of sulfonamides is 1. The molecule has 1 saturated heterocycles. The van der Waals surface area contributed by atoms with Crippen LogP contribution in [-0.2, 0) is 14.8 Å². The van der Waals surface area contributed by atoms with Crippen molar-refractivity contribution < 1.29 is 13.2 Å². The quantitative estimate of drug-likeness (QED) is 0.610. The van der Waals surface area contributed by atoms with Gasteiger partial charge in [0.1, 0.15) is 0 Å². The van der Waals surface area contributed by atoms with Crippen LogP contribution in [-0.4, -0.2) is 46.5 Å². The molecule has 0 aromatic carbocycles. The smallest absolute Gasteiger partial charge is 0.211 e. The van der Waals surface area contributed by atoms with Gasteiger partial charge in [-0.15, -0.1) is 0 Å². The van der Waals surface area contributed by atoms with Crippen LogP contribution in [0, 0.1) is 5.92 Å². The van der Waals surface area contributed by atoms with Crippen LogP contribution < -0.4 is 10.0 Å². The summed E-state index contributed by atoms with van der Waals surface area (Å²) in [6.45, 7) is 7.14. The Labute approximate surface area is 111 Å². The second-order valence-corrected chi connectivity index (χ2v) is 6.83. The van der Waals surface area contributed by atoms with Crippen LogP contribution in [0.1, 0.15) is 33.1 Å². The number of ether oxygens (including phenoxy) is 1. The lowest BCUT2D eigenvalue weighted by atomic mass is 10.0. The molecule has 1 aliphatic heterocycles. The highest BCUT2D eigenvalue weighted by atomic mass is 32.2. The fraction of sp³-hybridized carbons (Fsp3) is 1.00. The van der Waals surface area contributed by atoms with E-state index < -0.39 is 10.0 Å². The van der Waals surface area contributed by atoms with E-state index >= 15 is 0 Å². The van der Waals surface area contributed by atoms with Gasteiger partial charge in [-0.1, -0.05) is 6.92 Å². The highest BCUT2D eigenvalue weighted by Crippen LogP contribution is 2.16. The summed E-state index contributed by atoms with van der Waals surface area (Å²) in [6.07, 6.45) is 2.68. The van der Waals surface area contributed by atoms with Crippen LogP contribution >= 0.6 is 0 Å². The van der Waals surface area contributed by atoms with E-state index in [-0.39, 0.29) is 11.8 Å². The molecule has 5 nitrogen and oxygen atoms in total. The minimum atomic E-state index is -3.15. The Balaban J connectivity index is 2.21. The van der Waals surface area contributed by atoms with E-state index in [1.807, 2.05) is 6.92 Å². The average Bonchev–Trinajstić information content (AvgIpc) is 2.81. The minimum Gasteiger partial charge on any atom is -0.381 e. The summed E-state index contributed by atoms with van der Waals surface area (Å²) in [4.78, 5) is 0. The van der Waals surface area contributed by atoms with Crippen LogP contribution in [0.15, 0.2) is 0 Å². The molecule has 1 aliphatic rings. The molecule has 18 heavy (non-hydrogen) atoms. The van der Waals surface area contributed by atoms with E-state index in [1.165, 1.54) is 0 Å². The van der Waals surface area contributed by atoms with E-state index in [4.69, 9.17) is 4.74 Å². The van der Waals surface area contributed by atoms with Gasteiger partial charge < -0.3 is 10.1 Å². The van der Waals surface area contributed by atoms with Gasteiger partial charge in [-0.05, 0) is 39.3 Å². The van der Waals surface area contributed by atoms with Crippen molar-refractivity contribution in [3.8, 4) is 0 Å². The standard InChI is InChI=1S/C12H26N2O3S/c1-3-6-13-7-4-9-18(15,16)14-11(2)12-5-8-17-10-12/h11-14H,3-10H2,1-2H3. The molecule has 0 aliphatic carbocycles. The van der Waals surface area contributed by atoms with Crippen molar-refractivity contribution >= 4 is 10.0 Å². The van der Waals surface area contributed by atoms with Crippen LogP contribution in [0.25, 0.3) is 0 Å². The zero-order chi connectivity index (χ0) is 13.4. The molecule has 0 aromatic rings. The highest BCUT2D eigenvalue weighted by Gasteiger charge is 2.25. The average molecular weight is 278 g/mol. The number of nitrogens with one attached hydrogen (secondary N) is 2. The molecule has 0 spiro atoms. The van der Waals surface area contributed by atoms with E-state index in [1.54, 1.807) is 0 Å². The SMILES string of the molecule is CCCNCCCS(=O)(=O)NC(C)C1CCOC1. The highest BCUT2D eigenvalue weighted by molar-refractivity contribution is 7.89. The molecule has 2 N–H and O–H groups in total.